The Morgan fingerprint density at radius 1 is 0.979 bits per heavy atom. The van der Waals surface area contributed by atoms with E-state index in [2.05, 4.69) is 20.2 Å². The van der Waals surface area contributed by atoms with Crippen molar-refractivity contribution in [2.24, 2.45) is 0 Å². The number of carbonyl (C=O) groups is 2. The number of hydrogen-bond acceptors (Lipinski definition) is 8. The molecule has 0 saturated carbocycles. The predicted molar refractivity (Wildman–Crippen MR) is 166 cm³/mol. The first-order valence-electron chi connectivity index (χ1n) is 15.3. The molecule has 47 heavy (non-hydrogen) atoms. The fraction of sp³-hybridized carbons (Fsp3) is 0.406. The zero-order valence-corrected chi connectivity index (χ0v) is 25.9. The van der Waals surface area contributed by atoms with Crippen molar-refractivity contribution in [3.8, 4) is 17.0 Å². The fourth-order valence-corrected chi connectivity index (χ4v) is 6.50. The summed E-state index contributed by atoms with van der Waals surface area (Å²) in [4.78, 5) is 37.7. The van der Waals surface area contributed by atoms with Gasteiger partial charge in [0.25, 0.3) is 5.91 Å². The highest BCUT2D eigenvalue weighted by atomic mass is 19.4. The first-order valence-corrected chi connectivity index (χ1v) is 15.3. The van der Waals surface area contributed by atoms with Crippen LogP contribution in [0.1, 0.15) is 54.6 Å². The number of halogens is 4. The highest BCUT2D eigenvalue weighted by Crippen LogP contribution is 2.38. The first kappa shape index (κ1) is 32.2. The Balaban J connectivity index is 1.22. The molecule has 4 aromatic rings. The molecule has 2 aliphatic heterocycles. The molecule has 0 bridgehead atoms. The largest absolute Gasteiger partial charge is 0.495 e. The molecule has 11 nitrogen and oxygen atoms in total. The highest BCUT2D eigenvalue weighted by Gasteiger charge is 2.33. The quantitative estimate of drug-likeness (QED) is 0.273. The number of alkyl halides is 3. The number of nitrogens with zero attached hydrogens (tertiary/aromatic N) is 6. The lowest BCUT2D eigenvalue weighted by molar-refractivity contribution is -0.137. The van der Waals surface area contributed by atoms with Crippen molar-refractivity contribution >= 4 is 34.4 Å². The van der Waals surface area contributed by atoms with Crippen LogP contribution < -0.4 is 15.8 Å². The van der Waals surface area contributed by atoms with Crippen molar-refractivity contribution in [2.75, 3.05) is 44.3 Å². The molecule has 6 rings (SSSR count). The van der Waals surface area contributed by atoms with Gasteiger partial charge in [0.1, 0.15) is 29.4 Å². The summed E-state index contributed by atoms with van der Waals surface area (Å²) in [6.07, 6.45) is 0.273. The zero-order valence-electron chi connectivity index (χ0n) is 25.9. The molecule has 0 aliphatic carbocycles. The number of piperidine rings is 2. The lowest BCUT2D eigenvalue weighted by Crippen LogP contribution is -2.48. The number of methoxy groups -OCH3 is 1. The van der Waals surface area contributed by atoms with Crippen molar-refractivity contribution in [3.63, 3.8) is 0 Å². The van der Waals surface area contributed by atoms with Gasteiger partial charge in [0, 0.05) is 44.7 Å². The van der Waals surface area contributed by atoms with Gasteiger partial charge in [0.2, 0.25) is 5.91 Å². The summed E-state index contributed by atoms with van der Waals surface area (Å²) in [7, 11) is 1.39. The standard InChI is InChI=1S/C32H34F4N8O3/c1-18(45)42-11-7-21(8-12-42)43-13-9-22(10-14-43)44-30-27(29(37)38-17-39-30)28(41-44)19-3-6-25(26(15-19)47-2)40-31(46)23-5-4-20(16-24(23)33)32(34,35)36/h3-6,15-17,21-22H,7-14H2,1-2H3,(H,40,46)(H2,37,38,39). The first-order chi connectivity index (χ1) is 22.4. The number of anilines is 2. The SMILES string of the molecule is COc1cc(-c2nn(C3CCN(C4CCN(C(C)=O)CC4)CC3)c3ncnc(N)c23)ccc1NC(=O)c1ccc(C(F)(F)F)cc1F. The monoisotopic (exact) mass is 654 g/mol. The number of ether oxygens (including phenoxy) is 1. The highest BCUT2D eigenvalue weighted by molar-refractivity contribution is 6.06. The van der Waals surface area contributed by atoms with Crippen molar-refractivity contribution in [1.29, 1.82) is 0 Å². The zero-order chi connectivity index (χ0) is 33.5. The van der Waals surface area contributed by atoms with Gasteiger partial charge in [-0.05, 0) is 56.0 Å². The Morgan fingerprint density at radius 3 is 2.32 bits per heavy atom. The van der Waals surface area contributed by atoms with Gasteiger partial charge < -0.3 is 25.6 Å². The Bertz CT molecular complexity index is 1810. The Morgan fingerprint density at radius 2 is 1.68 bits per heavy atom. The normalized spacial score (nSPS) is 16.9. The van der Waals surface area contributed by atoms with Crippen LogP contribution in [0.4, 0.5) is 29.1 Å². The van der Waals surface area contributed by atoms with Crippen molar-refractivity contribution < 1.29 is 31.9 Å². The lowest BCUT2D eigenvalue weighted by atomic mass is 9.98. The number of rotatable bonds is 6. The third-order valence-electron chi connectivity index (χ3n) is 9.05. The average molecular weight is 655 g/mol. The molecule has 2 aromatic carbocycles. The Kier molecular flexibility index (Phi) is 8.74. The minimum Gasteiger partial charge on any atom is -0.495 e. The van der Waals surface area contributed by atoms with Crippen LogP contribution in [0.25, 0.3) is 22.3 Å². The summed E-state index contributed by atoms with van der Waals surface area (Å²) in [6, 6.07) is 7.07. The van der Waals surface area contributed by atoms with Gasteiger partial charge >= 0.3 is 6.18 Å². The number of aromatic nitrogens is 4. The van der Waals surface area contributed by atoms with E-state index in [1.807, 2.05) is 9.58 Å². The van der Waals surface area contributed by atoms with E-state index in [1.54, 1.807) is 19.1 Å². The van der Waals surface area contributed by atoms with Gasteiger partial charge in [-0.2, -0.15) is 18.3 Å². The van der Waals surface area contributed by atoms with Gasteiger partial charge in [0.15, 0.2) is 5.65 Å². The van der Waals surface area contributed by atoms with Gasteiger partial charge in [-0.1, -0.05) is 6.07 Å². The van der Waals surface area contributed by atoms with Crippen LogP contribution in [0.2, 0.25) is 0 Å². The molecule has 2 aliphatic rings. The number of fused-ring (bicyclic) bond motifs is 1. The summed E-state index contributed by atoms with van der Waals surface area (Å²) in [5, 5.41) is 8.03. The Labute approximate surface area is 267 Å². The number of nitrogen functional groups attached to an aromatic ring is 1. The van der Waals surface area contributed by atoms with E-state index in [4.69, 9.17) is 15.6 Å². The maximum Gasteiger partial charge on any atom is 0.416 e. The lowest BCUT2D eigenvalue weighted by Gasteiger charge is -2.41. The molecule has 248 valence electrons. The molecular weight excluding hydrogens is 620 g/mol. The minimum atomic E-state index is -4.74. The molecule has 3 N–H and O–H groups in total. The number of hydrogen-bond donors (Lipinski definition) is 2. The van der Waals surface area contributed by atoms with Gasteiger partial charge in [0.05, 0.1) is 35.4 Å². The molecule has 2 fully saturated rings. The van der Waals surface area contributed by atoms with Crippen LogP contribution in [0, 0.1) is 5.82 Å². The maximum absolute atomic E-state index is 14.5. The number of nitrogens with one attached hydrogen (secondary N) is 1. The molecule has 15 heteroatoms. The summed E-state index contributed by atoms with van der Waals surface area (Å²) in [5.74, 6) is -1.66. The predicted octanol–water partition coefficient (Wildman–Crippen LogP) is 5.14. The minimum absolute atomic E-state index is 0.0631. The molecule has 2 aromatic heterocycles. The second-order valence-electron chi connectivity index (χ2n) is 11.8. The van der Waals surface area contributed by atoms with Gasteiger partial charge in [-0.25, -0.2) is 19.0 Å². The van der Waals surface area contributed by atoms with Gasteiger partial charge in [-0.3, -0.25) is 9.59 Å². The number of benzene rings is 2. The summed E-state index contributed by atoms with van der Waals surface area (Å²) < 4.78 is 60.7. The summed E-state index contributed by atoms with van der Waals surface area (Å²) in [5.41, 5.74) is 6.47. The number of amides is 2. The van der Waals surface area contributed by atoms with Crippen LogP contribution in [-0.2, 0) is 11.0 Å². The van der Waals surface area contributed by atoms with E-state index in [-0.39, 0.29) is 35.3 Å². The van der Waals surface area contributed by atoms with Crippen LogP contribution in [0.15, 0.2) is 42.7 Å². The number of nitrogens with two attached hydrogens (primary N) is 1. The molecular formula is C32H34F4N8O3. The van der Waals surface area contributed by atoms with E-state index in [9.17, 15) is 27.2 Å². The summed E-state index contributed by atoms with van der Waals surface area (Å²) in [6.45, 7) is 4.94. The maximum atomic E-state index is 14.5. The van der Waals surface area contributed by atoms with E-state index < -0.39 is 29.0 Å². The van der Waals surface area contributed by atoms with Crippen molar-refractivity contribution in [2.45, 2.75) is 50.9 Å². The van der Waals surface area contributed by atoms with E-state index in [1.165, 1.54) is 19.5 Å². The topological polar surface area (TPSA) is 132 Å². The molecule has 0 unspecified atom stereocenters. The second kappa shape index (κ2) is 12.8. The molecule has 0 spiro atoms. The third kappa shape index (κ3) is 6.44. The van der Waals surface area contributed by atoms with Crippen LogP contribution >= 0.6 is 0 Å². The third-order valence-corrected chi connectivity index (χ3v) is 9.05. The summed E-state index contributed by atoms with van der Waals surface area (Å²) >= 11 is 0. The molecule has 2 saturated heterocycles. The molecule has 0 radical (unpaired) electrons. The smallest absolute Gasteiger partial charge is 0.416 e. The van der Waals surface area contributed by atoms with Gasteiger partial charge in [-0.15, -0.1) is 0 Å². The average Bonchev–Trinajstić information content (AvgIpc) is 3.45. The molecule has 2 amide bonds. The van der Waals surface area contributed by atoms with Crippen LogP contribution in [-0.4, -0.2) is 80.7 Å². The fourth-order valence-electron chi connectivity index (χ4n) is 6.50. The second-order valence-corrected chi connectivity index (χ2v) is 11.8. The number of carbonyl (C=O) groups excluding carboxylic acids is 2. The van der Waals surface area contributed by atoms with E-state index in [0.29, 0.717) is 34.4 Å². The number of likely N-dealkylation sites (tertiary alicyclic amines) is 2. The van der Waals surface area contributed by atoms with Crippen LogP contribution in [0.5, 0.6) is 5.75 Å². The van der Waals surface area contributed by atoms with E-state index in [0.717, 1.165) is 57.9 Å². The van der Waals surface area contributed by atoms with Crippen molar-refractivity contribution in [1.82, 2.24) is 29.5 Å². The van der Waals surface area contributed by atoms with Crippen molar-refractivity contribution in [3.05, 3.63) is 59.7 Å². The molecule has 0 atom stereocenters. The Hall–Kier alpha value is -4.79. The van der Waals surface area contributed by atoms with Crippen LogP contribution in [0.3, 0.4) is 0 Å². The molecule has 4 heterocycles. The van der Waals surface area contributed by atoms with E-state index >= 15 is 0 Å².